The molecule has 168 valence electrons. The van der Waals surface area contributed by atoms with Gasteiger partial charge in [-0.1, -0.05) is 0 Å². The van der Waals surface area contributed by atoms with E-state index in [2.05, 4.69) is 50.5 Å². The van der Waals surface area contributed by atoms with Gasteiger partial charge in [0.15, 0.2) is 0 Å². The van der Waals surface area contributed by atoms with E-state index in [9.17, 15) is 4.39 Å². The second kappa shape index (κ2) is 9.45. The molecule has 0 aliphatic carbocycles. The molecule has 4 aliphatic heterocycles. The molecule has 4 heterocycles. The van der Waals surface area contributed by atoms with Gasteiger partial charge in [-0.25, -0.2) is 4.39 Å². The van der Waals surface area contributed by atoms with Gasteiger partial charge < -0.3 is 14.7 Å². The van der Waals surface area contributed by atoms with Gasteiger partial charge in [-0.05, 0) is 67.1 Å². The Morgan fingerprint density at radius 3 is 2.00 bits per heavy atom. The fourth-order valence-corrected chi connectivity index (χ4v) is 6.19. The van der Waals surface area contributed by atoms with Crippen molar-refractivity contribution < 1.29 is 4.39 Å². The van der Waals surface area contributed by atoms with Crippen molar-refractivity contribution in [2.24, 2.45) is 0 Å². The standard InChI is InChI=1S/C22H43FN6/c1-24-8-5-18(6-9-24)29-14-11-26(3)16-22(29)21-17-28(13-12-27(21)4)20-7-10-25(2)15-19(20)23/h18-22H,5-17H2,1-4H3. The van der Waals surface area contributed by atoms with Crippen molar-refractivity contribution in [1.82, 2.24) is 29.4 Å². The molecule has 4 fully saturated rings. The van der Waals surface area contributed by atoms with Crippen LogP contribution in [0.25, 0.3) is 0 Å². The first-order valence-corrected chi connectivity index (χ1v) is 11.8. The normalized spacial score (nSPS) is 39.2. The van der Waals surface area contributed by atoms with Crippen LogP contribution in [-0.4, -0.2) is 153 Å². The molecule has 0 saturated carbocycles. The molecule has 0 aromatic rings. The number of piperazine rings is 2. The monoisotopic (exact) mass is 410 g/mol. The molecule has 0 bridgehead atoms. The van der Waals surface area contributed by atoms with Crippen LogP contribution in [-0.2, 0) is 0 Å². The summed E-state index contributed by atoms with van der Waals surface area (Å²) in [6.45, 7) is 10.6. The Hall–Kier alpha value is -0.310. The smallest absolute Gasteiger partial charge is 0.128 e. The van der Waals surface area contributed by atoms with Crippen molar-refractivity contribution >= 4 is 0 Å². The van der Waals surface area contributed by atoms with E-state index in [1.165, 1.54) is 39.0 Å². The Balaban J connectivity index is 1.47. The third-order valence-corrected chi connectivity index (χ3v) is 8.17. The number of hydrogen-bond acceptors (Lipinski definition) is 6. The Labute approximate surface area is 177 Å². The first-order chi connectivity index (χ1) is 13.9. The molecule has 4 unspecified atom stereocenters. The number of likely N-dealkylation sites (tertiary alicyclic amines) is 2. The van der Waals surface area contributed by atoms with Crippen molar-refractivity contribution in [2.45, 2.75) is 49.6 Å². The molecule has 0 N–H and O–H groups in total. The van der Waals surface area contributed by atoms with E-state index in [1.807, 2.05) is 7.05 Å². The molecule has 0 aromatic carbocycles. The summed E-state index contributed by atoms with van der Waals surface area (Å²) < 4.78 is 14.9. The van der Waals surface area contributed by atoms with Crippen LogP contribution < -0.4 is 0 Å². The van der Waals surface area contributed by atoms with Gasteiger partial charge >= 0.3 is 0 Å². The molecule has 4 rings (SSSR count). The molecule has 0 amide bonds. The third-order valence-electron chi connectivity index (χ3n) is 8.17. The summed E-state index contributed by atoms with van der Waals surface area (Å²) >= 11 is 0. The van der Waals surface area contributed by atoms with E-state index in [0.717, 1.165) is 39.1 Å². The highest BCUT2D eigenvalue weighted by Gasteiger charge is 2.43. The van der Waals surface area contributed by atoms with Crippen LogP contribution in [0.1, 0.15) is 19.3 Å². The highest BCUT2D eigenvalue weighted by molar-refractivity contribution is 5.00. The van der Waals surface area contributed by atoms with Gasteiger partial charge in [0.05, 0.1) is 0 Å². The van der Waals surface area contributed by atoms with Crippen LogP contribution in [0.2, 0.25) is 0 Å². The number of nitrogens with zero attached hydrogens (tertiary/aromatic N) is 6. The minimum atomic E-state index is -0.711. The van der Waals surface area contributed by atoms with Gasteiger partial charge in [0.1, 0.15) is 6.17 Å². The third kappa shape index (κ3) is 4.96. The second-order valence-electron chi connectivity index (χ2n) is 10.3. The van der Waals surface area contributed by atoms with Gasteiger partial charge in [0.25, 0.3) is 0 Å². The summed E-state index contributed by atoms with van der Waals surface area (Å²) in [4.78, 5) is 15.0. The van der Waals surface area contributed by atoms with Crippen molar-refractivity contribution in [2.75, 3.05) is 93.6 Å². The summed E-state index contributed by atoms with van der Waals surface area (Å²) in [5.41, 5.74) is 0. The van der Waals surface area contributed by atoms with E-state index in [0.29, 0.717) is 24.7 Å². The summed E-state index contributed by atoms with van der Waals surface area (Å²) in [7, 11) is 8.87. The van der Waals surface area contributed by atoms with Gasteiger partial charge in [-0.2, -0.15) is 0 Å². The average Bonchev–Trinajstić information content (AvgIpc) is 2.69. The quantitative estimate of drug-likeness (QED) is 0.664. The lowest BCUT2D eigenvalue weighted by Crippen LogP contribution is -2.69. The van der Waals surface area contributed by atoms with Crippen LogP contribution in [0, 0.1) is 0 Å². The van der Waals surface area contributed by atoms with E-state index >= 15 is 0 Å². The average molecular weight is 411 g/mol. The molecule has 0 radical (unpaired) electrons. The molecule has 0 aromatic heterocycles. The summed E-state index contributed by atoms with van der Waals surface area (Å²) in [5.74, 6) is 0. The summed E-state index contributed by atoms with van der Waals surface area (Å²) in [6, 6.07) is 1.88. The Kier molecular flexibility index (Phi) is 7.14. The molecule has 4 saturated heterocycles. The predicted molar refractivity (Wildman–Crippen MR) is 117 cm³/mol. The number of halogens is 1. The van der Waals surface area contributed by atoms with E-state index in [1.54, 1.807) is 0 Å². The lowest BCUT2D eigenvalue weighted by Gasteiger charge is -2.54. The molecule has 4 atom stereocenters. The molecule has 7 heteroatoms. The maximum atomic E-state index is 14.9. The number of alkyl halides is 1. The van der Waals surface area contributed by atoms with Crippen LogP contribution in [0.3, 0.4) is 0 Å². The maximum Gasteiger partial charge on any atom is 0.128 e. The lowest BCUT2D eigenvalue weighted by atomic mass is 9.92. The van der Waals surface area contributed by atoms with Crippen LogP contribution in [0.5, 0.6) is 0 Å². The zero-order chi connectivity index (χ0) is 20.5. The number of likely N-dealkylation sites (N-methyl/N-ethyl adjacent to an activating group) is 2. The van der Waals surface area contributed by atoms with Crippen molar-refractivity contribution in [3.8, 4) is 0 Å². The fraction of sp³-hybridized carbons (Fsp3) is 1.00. The fourth-order valence-electron chi connectivity index (χ4n) is 6.19. The highest BCUT2D eigenvalue weighted by atomic mass is 19.1. The Morgan fingerprint density at radius 2 is 1.28 bits per heavy atom. The molecular weight excluding hydrogens is 367 g/mol. The minimum absolute atomic E-state index is 0.112. The molecule has 0 spiro atoms. The van der Waals surface area contributed by atoms with Crippen molar-refractivity contribution in [1.29, 1.82) is 0 Å². The van der Waals surface area contributed by atoms with Gasteiger partial charge in [-0.3, -0.25) is 14.7 Å². The van der Waals surface area contributed by atoms with Gasteiger partial charge in [0.2, 0.25) is 0 Å². The summed E-state index contributed by atoms with van der Waals surface area (Å²) in [6.07, 6.45) is 2.84. The lowest BCUT2D eigenvalue weighted by molar-refractivity contribution is -0.0556. The number of piperidine rings is 2. The Morgan fingerprint density at radius 1 is 0.586 bits per heavy atom. The van der Waals surface area contributed by atoms with Gasteiger partial charge in [-0.15, -0.1) is 0 Å². The summed E-state index contributed by atoms with van der Waals surface area (Å²) in [5, 5.41) is 0. The van der Waals surface area contributed by atoms with E-state index in [-0.39, 0.29) is 6.04 Å². The van der Waals surface area contributed by atoms with E-state index in [4.69, 9.17) is 0 Å². The maximum absolute atomic E-state index is 14.9. The molecular formula is C22H43FN6. The van der Waals surface area contributed by atoms with Gasteiger partial charge in [0, 0.05) is 70.0 Å². The van der Waals surface area contributed by atoms with Crippen LogP contribution in [0.15, 0.2) is 0 Å². The topological polar surface area (TPSA) is 19.4 Å². The number of rotatable bonds is 3. The van der Waals surface area contributed by atoms with E-state index < -0.39 is 6.17 Å². The Bertz CT molecular complexity index is 527. The largest absolute Gasteiger partial charge is 0.306 e. The van der Waals surface area contributed by atoms with Crippen molar-refractivity contribution in [3.05, 3.63) is 0 Å². The van der Waals surface area contributed by atoms with Crippen LogP contribution in [0.4, 0.5) is 4.39 Å². The minimum Gasteiger partial charge on any atom is -0.306 e. The second-order valence-corrected chi connectivity index (χ2v) is 10.3. The zero-order valence-electron chi connectivity index (χ0n) is 19.1. The van der Waals surface area contributed by atoms with Crippen LogP contribution >= 0.6 is 0 Å². The van der Waals surface area contributed by atoms with Crippen molar-refractivity contribution in [3.63, 3.8) is 0 Å². The predicted octanol–water partition coefficient (Wildman–Crippen LogP) is 0.355. The highest BCUT2D eigenvalue weighted by Crippen LogP contribution is 2.28. The SMILES string of the molecule is CN1CCC(N2CCN(C)CC2C2CN(C3CCN(C)CC3F)CCN2C)CC1. The first-order valence-electron chi connectivity index (χ1n) is 11.8. The number of hydrogen-bond donors (Lipinski definition) is 0. The first kappa shape index (κ1) is 21.9. The zero-order valence-corrected chi connectivity index (χ0v) is 19.1. The molecule has 6 nitrogen and oxygen atoms in total. The molecule has 4 aliphatic rings. The molecule has 29 heavy (non-hydrogen) atoms.